The van der Waals surface area contributed by atoms with Crippen molar-refractivity contribution in [2.24, 2.45) is 16.2 Å². The Kier molecular flexibility index (Phi) is 4.90. The molecule has 2 heteroatoms. The van der Waals surface area contributed by atoms with Crippen LogP contribution in [0.2, 0.25) is 0 Å². The lowest BCUT2D eigenvalue weighted by molar-refractivity contribution is 0.0430. The van der Waals surface area contributed by atoms with Crippen LogP contribution in [0.5, 0.6) is 0 Å². The first-order valence-corrected chi connectivity index (χ1v) is 7.34. The zero-order valence-electron chi connectivity index (χ0n) is 13.9. The van der Waals surface area contributed by atoms with Crippen molar-refractivity contribution in [1.29, 1.82) is 0 Å². The maximum absolute atomic E-state index is 5.96. The summed E-state index contributed by atoms with van der Waals surface area (Å²) >= 11 is 0. The van der Waals surface area contributed by atoms with E-state index in [0.717, 1.165) is 13.0 Å². The molecule has 1 aliphatic heterocycles. The van der Waals surface area contributed by atoms with Crippen LogP contribution in [0, 0.1) is 16.2 Å². The molecular formula is C17H32O2. The molecule has 0 aromatic carbocycles. The highest BCUT2D eigenvalue weighted by molar-refractivity contribution is 5.02. The van der Waals surface area contributed by atoms with Gasteiger partial charge in [0.25, 0.3) is 0 Å². The summed E-state index contributed by atoms with van der Waals surface area (Å²) < 4.78 is 11.6. The lowest BCUT2D eigenvalue weighted by Crippen LogP contribution is -2.33. The van der Waals surface area contributed by atoms with E-state index in [-0.39, 0.29) is 16.2 Å². The molecule has 0 aromatic rings. The van der Waals surface area contributed by atoms with E-state index in [9.17, 15) is 0 Å². The van der Waals surface area contributed by atoms with Gasteiger partial charge in [0.05, 0.1) is 25.4 Å². The minimum absolute atomic E-state index is 0.168. The van der Waals surface area contributed by atoms with E-state index in [1.54, 1.807) is 6.08 Å². The summed E-state index contributed by atoms with van der Waals surface area (Å²) in [7, 11) is 0. The summed E-state index contributed by atoms with van der Waals surface area (Å²) in [5.41, 5.74) is 0.602. The van der Waals surface area contributed by atoms with Crippen molar-refractivity contribution in [2.45, 2.75) is 67.1 Å². The Morgan fingerprint density at radius 1 is 1.05 bits per heavy atom. The van der Waals surface area contributed by atoms with Gasteiger partial charge in [-0.1, -0.05) is 54.5 Å². The number of epoxide rings is 1. The van der Waals surface area contributed by atoms with Gasteiger partial charge in [-0.15, -0.1) is 6.58 Å². The molecule has 0 aliphatic carbocycles. The second-order valence-corrected chi connectivity index (χ2v) is 8.48. The Bertz CT molecular complexity index is 310. The van der Waals surface area contributed by atoms with Crippen LogP contribution in [0.3, 0.4) is 0 Å². The Morgan fingerprint density at radius 3 is 2.05 bits per heavy atom. The van der Waals surface area contributed by atoms with E-state index >= 15 is 0 Å². The fourth-order valence-electron chi connectivity index (χ4n) is 3.17. The van der Waals surface area contributed by atoms with Crippen molar-refractivity contribution < 1.29 is 9.47 Å². The summed E-state index contributed by atoms with van der Waals surface area (Å²) in [6.07, 6.45) is 3.69. The minimum Gasteiger partial charge on any atom is -0.377 e. The first-order valence-electron chi connectivity index (χ1n) is 7.34. The summed E-state index contributed by atoms with van der Waals surface area (Å²) in [4.78, 5) is 0. The third-order valence-corrected chi connectivity index (χ3v) is 3.78. The first-order chi connectivity index (χ1) is 8.49. The number of hydrogen-bond donors (Lipinski definition) is 0. The van der Waals surface area contributed by atoms with Crippen molar-refractivity contribution in [1.82, 2.24) is 0 Å². The summed E-state index contributed by atoms with van der Waals surface area (Å²) in [5, 5.41) is 0. The highest BCUT2D eigenvalue weighted by Gasteiger charge is 2.55. The van der Waals surface area contributed by atoms with Gasteiger partial charge < -0.3 is 9.47 Å². The predicted molar refractivity (Wildman–Crippen MR) is 81.3 cm³/mol. The molecular weight excluding hydrogens is 236 g/mol. The van der Waals surface area contributed by atoms with Crippen LogP contribution in [0.25, 0.3) is 0 Å². The van der Waals surface area contributed by atoms with Crippen molar-refractivity contribution in [3.63, 3.8) is 0 Å². The molecule has 1 rings (SSSR count). The van der Waals surface area contributed by atoms with E-state index < -0.39 is 0 Å². The summed E-state index contributed by atoms with van der Waals surface area (Å²) in [5.74, 6) is 0. The first kappa shape index (κ1) is 16.7. The Balaban J connectivity index is 2.53. The topological polar surface area (TPSA) is 21.8 Å². The quantitative estimate of drug-likeness (QED) is 0.387. The van der Waals surface area contributed by atoms with Gasteiger partial charge in [0.2, 0.25) is 0 Å². The van der Waals surface area contributed by atoms with Crippen molar-refractivity contribution in [2.75, 3.05) is 13.2 Å². The standard InChI is InChI=1S/C17H32O2/c1-9-10-18-12-16(5,6)11-17(7,8)14-13(19-14)15(2,3)4/h9,13-14H,1,10-12H2,2-8H3. The average molecular weight is 268 g/mol. The Morgan fingerprint density at radius 2 is 1.63 bits per heavy atom. The molecule has 0 radical (unpaired) electrons. The highest BCUT2D eigenvalue weighted by atomic mass is 16.6. The largest absolute Gasteiger partial charge is 0.377 e. The van der Waals surface area contributed by atoms with Crippen LogP contribution in [-0.2, 0) is 9.47 Å². The minimum atomic E-state index is 0.168. The molecule has 2 atom stereocenters. The fraction of sp³-hybridized carbons (Fsp3) is 0.882. The summed E-state index contributed by atoms with van der Waals surface area (Å²) in [6, 6.07) is 0. The maximum Gasteiger partial charge on any atom is 0.0898 e. The average Bonchev–Trinajstić information content (AvgIpc) is 2.94. The second kappa shape index (κ2) is 5.57. The molecule has 2 nitrogen and oxygen atoms in total. The molecule has 1 heterocycles. The van der Waals surface area contributed by atoms with Gasteiger partial charge in [0, 0.05) is 0 Å². The number of rotatable bonds is 7. The molecule has 1 saturated heterocycles. The second-order valence-electron chi connectivity index (χ2n) is 8.48. The van der Waals surface area contributed by atoms with Gasteiger partial charge in [-0.05, 0) is 22.7 Å². The maximum atomic E-state index is 5.96. The van der Waals surface area contributed by atoms with Crippen molar-refractivity contribution in [3.05, 3.63) is 12.7 Å². The molecule has 19 heavy (non-hydrogen) atoms. The molecule has 0 amide bonds. The third kappa shape index (κ3) is 4.92. The van der Waals surface area contributed by atoms with E-state index in [0.29, 0.717) is 18.8 Å². The van der Waals surface area contributed by atoms with Crippen LogP contribution in [-0.4, -0.2) is 25.4 Å². The monoisotopic (exact) mass is 268 g/mol. The number of hydrogen-bond acceptors (Lipinski definition) is 2. The lowest BCUT2D eigenvalue weighted by atomic mass is 9.71. The van der Waals surface area contributed by atoms with E-state index in [1.807, 2.05) is 0 Å². The van der Waals surface area contributed by atoms with Crippen LogP contribution >= 0.6 is 0 Å². The summed E-state index contributed by atoms with van der Waals surface area (Å²) in [6.45, 7) is 21.0. The van der Waals surface area contributed by atoms with Crippen LogP contribution in [0.1, 0.15) is 54.9 Å². The van der Waals surface area contributed by atoms with Gasteiger partial charge in [-0.3, -0.25) is 0 Å². The van der Waals surface area contributed by atoms with Crippen LogP contribution in [0.4, 0.5) is 0 Å². The third-order valence-electron chi connectivity index (χ3n) is 3.78. The van der Waals surface area contributed by atoms with Gasteiger partial charge in [0.1, 0.15) is 0 Å². The molecule has 1 fully saturated rings. The van der Waals surface area contributed by atoms with Crippen LogP contribution in [0.15, 0.2) is 12.7 Å². The molecule has 2 unspecified atom stereocenters. The molecule has 1 aliphatic rings. The zero-order valence-corrected chi connectivity index (χ0v) is 13.9. The van der Waals surface area contributed by atoms with Gasteiger partial charge in [0.15, 0.2) is 0 Å². The Hall–Kier alpha value is -0.340. The Labute approximate surface area is 119 Å². The number of ether oxygens (including phenoxy) is 2. The van der Waals surface area contributed by atoms with E-state index in [4.69, 9.17) is 9.47 Å². The van der Waals surface area contributed by atoms with Crippen molar-refractivity contribution >= 4 is 0 Å². The fourth-order valence-corrected chi connectivity index (χ4v) is 3.17. The van der Waals surface area contributed by atoms with Crippen molar-refractivity contribution in [3.8, 4) is 0 Å². The molecule has 0 spiro atoms. The smallest absolute Gasteiger partial charge is 0.0898 e. The van der Waals surface area contributed by atoms with Gasteiger partial charge in [-0.25, -0.2) is 0 Å². The van der Waals surface area contributed by atoms with Gasteiger partial charge in [-0.2, -0.15) is 0 Å². The normalized spacial score (nSPS) is 24.4. The van der Waals surface area contributed by atoms with Crippen LogP contribution < -0.4 is 0 Å². The molecule has 112 valence electrons. The molecule has 0 bridgehead atoms. The van der Waals surface area contributed by atoms with E-state index in [2.05, 4.69) is 55.0 Å². The highest BCUT2D eigenvalue weighted by Crippen LogP contribution is 2.50. The molecule has 0 aromatic heterocycles. The predicted octanol–water partition coefficient (Wildman–Crippen LogP) is 4.45. The zero-order chi connectivity index (χ0) is 14.9. The van der Waals surface area contributed by atoms with E-state index in [1.165, 1.54) is 0 Å². The molecule has 0 N–H and O–H groups in total. The lowest BCUT2D eigenvalue weighted by Gasteiger charge is -2.34. The van der Waals surface area contributed by atoms with Gasteiger partial charge >= 0.3 is 0 Å². The molecule has 0 saturated carbocycles. The SMILES string of the molecule is C=CCOCC(C)(C)CC(C)(C)C1OC1C(C)(C)C.